The summed E-state index contributed by atoms with van der Waals surface area (Å²) in [6, 6.07) is 8.86. The Bertz CT molecular complexity index is 764. The summed E-state index contributed by atoms with van der Waals surface area (Å²) >= 11 is 1.58. The van der Waals surface area contributed by atoms with Gasteiger partial charge < -0.3 is 10.2 Å². The highest BCUT2D eigenvalue weighted by Crippen LogP contribution is 2.25. The van der Waals surface area contributed by atoms with Gasteiger partial charge in [0.25, 0.3) is 5.91 Å². The lowest BCUT2D eigenvalue weighted by Gasteiger charge is -2.23. The van der Waals surface area contributed by atoms with E-state index >= 15 is 0 Å². The van der Waals surface area contributed by atoms with Crippen molar-refractivity contribution < 1.29 is 9.59 Å². The van der Waals surface area contributed by atoms with Crippen molar-refractivity contribution in [2.75, 3.05) is 16.9 Å². The van der Waals surface area contributed by atoms with Gasteiger partial charge in [0.15, 0.2) is 0 Å². The highest BCUT2D eigenvalue weighted by atomic mass is 32.2. The van der Waals surface area contributed by atoms with Crippen LogP contribution in [-0.4, -0.2) is 39.4 Å². The van der Waals surface area contributed by atoms with Gasteiger partial charge >= 0.3 is 0 Å². The van der Waals surface area contributed by atoms with Crippen molar-refractivity contribution in [3.05, 3.63) is 59.4 Å². The van der Waals surface area contributed by atoms with Crippen molar-refractivity contribution >= 4 is 29.3 Å². The van der Waals surface area contributed by atoms with E-state index in [1.807, 2.05) is 32.0 Å². The second-order valence-corrected chi connectivity index (χ2v) is 6.84. The highest BCUT2D eigenvalue weighted by molar-refractivity contribution is 7.99. The number of hydrogen-bond acceptors (Lipinski definition) is 4. The molecule has 1 saturated heterocycles. The second-order valence-electron chi connectivity index (χ2n) is 5.84. The molecule has 0 aliphatic carbocycles. The van der Waals surface area contributed by atoms with Crippen LogP contribution in [0, 0.1) is 13.8 Å². The number of aryl methyl sites for hydroxylation is 2. The molecule has 0 radical (unpaired) electrons. The molecular formula is C18H19N3O2S. The fourth-order valence-corrected chi connectivity index (χ4v) is 3.84. The molecule has 2 aromatic rings. The smallest absolute Gasteiger partial charge is 0.256 e. The van der Waals surface area contributed by atoms with Crippen LogP contribution in [-0.2, 0) is 4.79 Å². The molecule has 24 heavy (non-hydrogen) atoms. The molecule has 2 amide bonds. The van der Waals surface area contributed by atoms with Crippen LogP contribution >= 0.6 is 11.8 Å². The van der Waals surface area contributed by atoms with Crippen LogP contribution in [0.4, 0.5) is 5.69 Å². The number of benzene rings is 1. The average molecular weight is 341 g/mol. The number of nitrogens with zero attached hydrogens (tertiary/aromatic N) is 2. The highest BCUT2D eigenvalue weighted by Gasteiger charge is 2.35. The van der Waals surface area contributed by atoms with E-state index in [1.165, 1.54) is 6.20 Å². The van der Waals surface area contributed by atoms with Gasteiger partial charge in [-0.25, -0.2) is 0 Å². The third-order valence-corrected chi connectivity index (χ3v) is 5.01. The molecule has 6 heteroatoms. The molecule has 5 nitrogen and oxygen atoms in total. The van der Waals surface area contributed by atoms with Crippen molar-refractivity contribution in [1.29, 1.82) is 0 Å². The summed E-state index contributed by atoms with van der Waals surface area (Å²) in [6.45, 7) is 3.98. The molecule has 1 aromatic heterocycles. The number of aromatic nitrogens is 1. The van der Waals surface area contributed by atoms with Gasteiger partial charge in [-0.2, -0.15) is 0 Å². The fourth-order valence-electron chi connectivity index (χ4n) is 2.68. The SMILES string of the molecule is Cc1ccc(NC(=O)[C@H]2CSCN2C(=O)c2cccnc2)c(C)c1. The molecule has 0 bridgehead atoms. The number of hydrogen-bond donors (Lipinski definition) is 1. The number of amides is 2. The Morgan fingerprint density at radius 3 is 2.83 bits per heavy atom. The Hall–Kier alpha value is -2.34. The van der Waals surface area contributed by atoms with Crippen LogP contribution < -0.4 is 5.32 Å². The summed E-state index contributed by atoms with van der Waals surface area (Å²) < 4.78 is 0. The van der Waals surface area contributed by atoms with Gasteiger partial charge in [0.1, 0.15) is 6.04 Å². The maximum Gasteiger partial charge on any atom is 0.256 e. The van der Waals surface area contributed by atoms with Gasteiger partial charge in [-0.3, -0.25) is 14.6 Å². The maximum atomic E-state index is 12.7. The van der Waals surface area contributed by atoms with E-state index in [-0.39, 0.29) is 11.8 Å². The molecule has 1 aliphatic heterocycles. The van der Waals surface area contributed by atoms with E-state index in [1.54, 1.807) is 35.0 Å². The largest absolute Gasteiger partial charge is 0.324 e. The molecule has 3 rings (SSSR count). The van der Waals surface area contributed by atoms with Crippen molar-refractivity contribution in [3.63, 3.8) is 0 Å². The fraction of sp³-hybridized carbons (Fsp3) is 0.278. The third-order valence-electron chi connectivity index (χ3n) is 3.99. The second kappa shape index (κ2) is 7.05. The number of rotatable bonds is 3. The number of anilines is 1. The Kier molecular flexibility index (Phi) is 4.85. The van der Waals surface area contributed by atoms with E-state index in [9.17, 15) is 9.59 Å². The summed E-state index contributed by atoms with van der Waals surface area (Å²) in [5.74, 6) is 0.805. The Morgan fingerprint density at radius 2 is 2.12 bits per heavy atom. The van der Waals surface area contributed by atoms with Gasteiger partial charge in [0.2, 0.25) is 5.91 Å². The van der Waals surface area contributed by atoms with Crippen LogP contribution in [0.1, 0.15) is 21.5 Å². The maximum absolute atomic E-state index is 12.7. The zero-order valence-electron chi connectivity index (χ0n) is 13.7. The molecule has 0 saturated carbocycles. The summed E-state index contributed by atoms with van der Waals surface area (Å²) in [6.07, 6.45) is 3.16. The normalized spacial score (nSPS) is 16.9. The quantitative estimate of drug-likeness (QED) is 0.932. The van der Waals surface area contributed by atoms with E-state index in [0.717, 1.165) is 16.8 Å². The monoisotopic (exact) mass is 341 g/mol. The predicted molar refractivity (Wildman–Crippen MR) is 96.1 cm³/mol. The number of pyridine rings is 1. The van der Waals surface area contributed by atoms with E-state index in [2.05, 4.69) is 10.3 Å². The van der Waals surface area contributed by atoms with Crippen molar-refractivity contribution in [2.45, 2.75) is 19.9 Å². The van der Waals surface area contributed by atoms with Gasteiger partial charge in [0.05, 0.1) is 11.4 Å². The molecule has 1 aromatic carbocycles. The minimum atomic E-state index is -0.469. The van der Waals surface area contributed by atoms with Crippen LogP contribution in [0.2, 0.25) is 0 Å². The lowest BCUT2D eigenvalue weighted by Crippen LogP contribution is -2.44. The van der Waals surface area contributed by atoms with Crippen molar-refractivity contribution in [1.82, 2.24) is 9.88 Å². The average Bonchev–Trinajstić information content (AvgIpc) is 3.07. The zero-order valence-corrected chi connectivity index (χ0v) is 14.5. The summed E-state index contributed by atoms with van der Waals surface area (Å²) in [5, 5.41) is 2.95. The summed E-state index contributed by atoms with van der Waals surface area (Å²) in [7, 11) is 0. The molecule has 1 fully saturated rings. The van der Waals surface area contributed by atoms with Gasteiger partial charge in [0, 0.05) is 23.8 Å². The molecule has 1 N–H and O–H groups in total. The standard InChI is InChI=1S/C18H19N3O2S/c1-12-5-6-15(13(2)8-12)20-17(22)16-10-24-11-21(16)18(23)14-4-3-7-19-9-14/h3-9,16H,10-11H2,1-2H3,(H,20,22)/t16-/m1/s1. The summed E-state index contributed by atoms with van der Waals surface area (Å²) in [4.78, 5) is 30.9. The molecular weight excluding hydrogens is 322 g/mol. The number of nitrogens with one attached hydrogen (secondary N) is 1. The lowest BCUT2D eigenvalue weighted by molar-refractivity contribution is -0.119. The first-order valence-electron chi connectivity index (χ1n) is 7.73. The first-order valence-corrected chi connectivity index (χ1v) is 8.88. The van der Waals surface area contributed by atoms with Crippen molar-refractivity contribution in [3.8, 4) is 0 Å². The minimum absolute atomic E-state index is 0.149. The Morgan fingerprint density at radius 1 is 1.29 bits per heavy atom. The van der Waals surface area contributed by atoms with Crippen LogP contribution in [0.15, 0.2) is 42.7 Å². The molecule has 2 heterocycles. The van der Waals surface area contributed by atoms with E-state index in [4.69, 9.17) is 0 Å². The number of carbonyl (C=O) groups excluding carboxylic acids is 2. The molecule has 0 spiro atoms. The first kappa shape index (κ1) is 16.5. The lowest BCUT2D eigenvalue weighted by atomic mass is 10.1. The van der Waals surface area contributed by atoms with Crippen molar-refractivity contribution in [2.24, 2.45) is 0 Å². The summed E-state index contributed by atoms with van der Waals surface area (Å²) in [5.41, 5.74) is 3.45. The van der Waals surface area contributed by atoms with Crippen LogP contribution in [0.5, 0.6) is 0 Å². The topological polar surface area (TPSA) is 62.3 Å². The Labute approximate surface area is 145 Å². The van der Waals surface area contributed by atoms with Gasteiger partial charge in [-0.1, -0.05) is 17.7 Å². The first-order chi connectivity index (χ1) is 11.6. The molecule has 1 atom stereocenters. The van der Waals surface area contributed by atoms with Crippen LogP contribution in [0.25, 0.3) is 0 Å². The van der Waals surface area contributed by atoms with E-state index < -0.39 is 6.04 Å². The molecule has 0 unspecified atom stereocenters. The van der Waals surface area contributed by atoms with Gasteiger partial charge in [-0.15, -0.1) is 11.8 Å². The number of carbonyl (C=O) groups is 2. The Balaban J connectivity index is 1.75. The third kappa shape index (κ3) is 3.43. The molecule has 124 valence electrons. The predicted octanol–water partition coefficient (Wildman–Crippen LogP) is 2.85. The van der Waals surface area contributed by atoms with E-state index in [0.29, 0.717) is 17.2 Å². The van der Waals surface area contributed by atoms with Gasteiger partial charge in [-0.05, 0) is 37.6 Å². The number of thioether (sulfide) groups is 1. The molecule has 1 aliphatic rings. The minimum Gasteiger partial charge on any atom is -0.324 e. The zero-order chi connectivity index (χ0) is 17.1. The van der Waals surface area contributed by atoms with Crippen LogP contribution in [0.3, 0.4) is 0 Å².